The average Bonchev–Trinajstić information content (AvgIpc) is 2.28. The van der Waals surface area contributed by atoms with Crippen LogP contribution < -0.4 is 5.32 Å². The standard InChI is InChI=1S/C13H25NO3/c1-3-4-5-6-7-8-9-10-12(15)17-13(16)11-14-2/h14H,3-11H2,1-2H3. The first-order valence-corrected chi connectivity index (χ1v) is 6.58. The first kappa shape index (κ1) is 16.1. The summed E-state index contributed by atoms with van der Waals surface area (Å²) in [6.45, 7) is 2.28. The monoisotopic (exact) mass is 243 g/mol. The molecule has 0 heterocycles. The van der Waals surface area contributed by atoms with Crippen LogP contribution >= 0.6 is 0 Å². The predicted molar refractivity (Wildman–Crippen MR) is 67.6 cm³/mol. The molecule has 1 N–H and O–H groups in total. The van der Waals surface area contributed by atoms with E-state index in [2.05, 4.69) is 17.0 Å². The van der Waals surface area contributed by atoms with Crippen LogP contribution in [0.5, 0.6) is 0 Å². The second kappa shape index (κ2) is 11.6. The summed E-state index contributed by atoms with van der Waals surface area (Å²) < 4.78 is 4.60. The summed E-state index contributed by atoms with van der Waals surface area (Å²) in [5, 5.41) is 2.64. The quantitative estimate of drug-likeness (QED) is 0.364. The van der Waals surface area contributed by atoms with Gasteiger partial charge in [-0.3, -0.25) is 9.59 Å². The fourth-order valence-corrected chi connectivity index (χ4v) is 1.58. The van der Waals surface area contributed by atoms with E-state index >= 15 is 0 Å². The molecule has 0 saturated heterocycles. The van der Waals surface area contributed by atoms with E-state index in [4.69, 9.17) is 0 Å². The molecule has 0 aromatic rings. The van der Waals surface area contributed by atoms with E-state index < -0.39 is 11.9 Å². The van der Waals surface area contributed by atoms with Crippen LogP contribution in [-0.2, 0) is 14.3 Å². The van der Waals surface area contributed by atoms with Gasteiger partial charge in [0.05, 0.1) is 6.54 Å². The largest absolute Gasteiger partial charge is 0.392 e. The van der Waals surface area contributed by atoms with Crippen LogP contribution in [0.3, 0.4) is 0 Å². The van der Waals surface area contributed by atoms with Crippen molar-refractivity contribution in [1.82, 2.24) is 5.32 Å². The predicted octanol–water partition coefficient (Wildman–Crippen LogP) is 2.42. The molecule has 0 radical (unpaired) electrons. The molecule has 4 heteroatoms. The highest BCUT2D eigenvalue weighted by Crippen LogP contribution is 2.08. The smallest absolute Gasteiger partial charge is 0.327 e. The van der Waals surface area contributed by atoms with E-state index in [1.807, 2.05) is 0 Å². The number of rotatable bonds is 10. The number of esters is 2. The highest BCUT2D eigenvalue weighted by atomic mass is 16.6. The van der Waals surface area contributed by atoms with E-state index in [0.717, 1.165) is 19.3 Å². The number of hydrogen-bond acceptors (Lipinski definition) is 4. The summed E-state index contributed by atoms with van der Waals surface area (Å²) in [5.74, 6) is -0.903. The lowest BCUT2D eigenvalue weighted by atomic mass is 10.1. The van der Waals surface area contributed by atoms with Crippen molar-refractivity contribution in [3.8, 4) is 0 Å². The fourth-order valence-electron chi connectivity index (χ4n) is 1.58. The summed E-state index contributed by atoms with van der Waals surface area (Å²) in [7, 11) is 1.64. The molecule has 17 heavy (non-hydrogen) atoms. The zero-order valence-electron chi connectivity index (χ0n) is 11.1. The number of carbonyl (C=O) groups is 2. The number of likely N-dealkylation sites (N-methyl/N-ethyl adjacent to an activating group) is 1. The minimum Gasteiger partial charge on any atom is -0.392 e. The number of nitrogens with one attached hydrogen (secondary N) is 1. The molecule has 0 aromatic heterocycles. The molecular weight excluding hydrogens is 218 g/mol. The maximum absolute atomic E-state index is 11.2. The maximum Gasteiger partial charge on any atom is 0.327 e. The average molecular weight is 243 g/mol. The van der Waals surface area contributed by atoms with Gasteiger partial charge in [-0.15, -0.1) is 0 Å². The molecular formula is C13H25NO3. The normalized spacial score (nSPS) is 10.2. The molecule has 0 spiro atoms. The van der Waals surface area contributed by atoms with Gasteiger partial charge in [0.2, 0.25) is 0 Å². The van der Waals surface area contributed by atoms with Gasteiger partial charge >= 0.3 is 11.9 Å². The van der Waals surface area contributed by atoms with Gasteiger partial charge in [0, 0.05) is 6.42 Å². The van der Waals surface area contributed by atoms with Crippen molar-refractivity contribution in [2.75, 3.05) is 13.6 Å². The minimum atomic E-state index is -0.500. The van der Waals surface area contributed by atoms with Crippen molar-refractivity contribution in [2.45, 2.75) is 58.3 Å². The number of ether oxygens (including phenoxy) is 1. The van der Waals surface area contributed by atoms with Crippen molar-refractivity contribution in [3.63, 3.8) is 0 Å². The topological polar surface area (TPSA) is 55.4 Å². The van der Waals surface area contributed by atoms with Gasteiger partial charge in [0.1, 0.15) is 0 Å². The van der Waals surface area contributed by atoms with Crippen LogP contribution in [-0.4, -0.2) is 25.5 Å². The van der Waals surface area contributed by atoms with Crippen molar-refractivity contribution >= 4 is 11.9 Å². The Morgan fingerprint density at radius 2 is 1.53 bits per heavy atom. The van der Waals surface area contributed by atoms with Gasteiger partial charge in [-0.1, -0.05) is 45.4 Å². The van der Waals surface area contributed by atoms with Gasteiger partial charge in [-0.05, 0) is 13.5 Å². The van der Waals surface area contributed by atoms with Gasteiger partial charge < -0.3 is 10.1 Å². The van der Waals surface area contributed by atoms with E-state index in [-0.39, 0.29) is 6.54 Å². The highest BCUT2D eigenvalue weighted by molar-refractivity contribution is 5.86. The lowest BCUT2D eigenvalue weighted by Crippen LogP contribution is -2.23. The third kappa shape index (κ3) is 11.4. The number of carbonyl (C=O) groups excluding carboxylic acids is 2. The van der Waals surface area contributed by atoms with Gasteiger partial charge in [0.25, 0.3) is 0 Å². The lowest BCUT2D eigenvalue weighted by molar-refractivity contribution is -0.158. The van der Waals surface area contributed by atoms with Crippen molar-refractivity contribution in [2.24, 2.45) is 0 Å². The first-order chi connectivity index (χ1) is 8.20. The zero-order valence-corrected chi connectivity index (χ0v) is 11.1. The van der Waals surface area contributed by atoms with E-state index in [1.165, 1.54) is 25.7 Å². The van der Waals surface area contributed by atoms with E-state index in [1.54, 1.807) is 7.05 Å². The third-order valence-corrected chi connectivity index (χ3v) is 2.53. The molecule has 0 aliphatic heterocycles. The van der Waals surface area contributed by atoms with E-state index in [9.17, 15) is 9.59 Å². The summed E-state index contributed by atoms with van der Waals surface area (Å²) >= 11 is 0. The highest BCUT2D eigenvalue weighted by Gasteiger charge is 2.08. The summed E-state index contributed by atoms with van der Waals surface area (Å²) in [5.41, 5.74) is 0. The second-order valence-electron chi connectivity index (χ2n) is 4.25. The molecule has 0 atom stereocenters. The summed E-state index contributed by atoms with van der Waals surface area (Å²) in [4.78, 5) is 22.1. The van der Waals surface area contributed by atoms with Crippen LogP contribution in [0.15, 0.2) is 0 Å². The summed E-state index contributed by atoms with van der Waals surface area (Å²) in [6.07, 6.45) is 8.43. The Balaban J connectivity index is 3.30. The van der Waals surface area contributed by atoms with Crippen LogP contribution in [0, 0.1) is 0 Å². The van der Waals surface area contributed by atoms with Gasteiger partial charge in [0.15, 0.2) is 0 Å². The van der Waals surface area contributed by atoms with Crippen molar-refractivity contribution in [3.05, 3.63) is 0 Å². The Labute approximate surface area is 104 Å². The van der Waals surface area contributed by atoms with Crippen molar-refractivity contribution in [1.29, 1.82) is 0 Å². The molecule has 0 aromatic carbocycles. The summed E-state index contributed by atoms with van der Waals surface area (Å²) in [6, 6.07) is 0. The minimum absolute atomic E-state index is 0.0861. The van der Waals surface area contributed by atoms with E-state index in [0.29, 0.717) is 6.42 Å². The number of hydrogen-bond donors (Lipinski definition) is 1. The number of unbranched alkanes of at least 4 members (excludes halogenated alkanes) is 6. The van der Waals surface area contributed by atoms with Gasteiger partial charge in [-0.2, -0.15) is 0 Å². The maximum atomic E-state index is 11.2. The molecule has 0 bridgehead atoms. The Morgan fingerprint density at radius 3 is 2.12 bits per heavy atom. The van der Waals surface area contributed by atoms with Crippen molar-refractivity contribution < 1.29 is 14.3 Å². The van der Waals surface area contributed by atoms with Crippen LogP contribution in [0.1, 0.15) is 58.3 Å². The molecule has 100 valence electrons. The first-order valence-electron chi connectivity index (χ1n) is 6.58. The van der Waals surface area contributed by atoms with Crippen LogP contribution in [0.4, 0.5) is 0 Å². The Kier molecular flexibility index (Phi) is 11.0. The molecule has 0 rings (SSSR count). The van der Waals surface area contributed by atoms with Crippen LogP contribution in [0.25, 0.3) is 0 Å². The molecule has 0 aliphatic carbocycles. The SMILES string of the molecule is CCCCCCCCCC(=O)OC(=O)CNC. The molecule has 0 unspecified atom stereocenters. The Bertz CT molecular complexity index is 217. The Morgan fingerprint density at radius 1 is 0.941 bits per heavy atom. The zero-order chi connectivity index (χ0) is 12.9. The second-order valence-corrected chi connectivity index (χ2v) is 4.25. The third-order valence-electron chi connectivity index (χ3n) is 2.53. The lowest BCUT2D eigenvalue weighted by Gasteiger charge is -2.02. The molecule has 4 nitrogen and oxygen atoms in total. The molecule has 0 saturated carbocycles. The fraction of sp³-hybridized carbons (Fsp3) is 0.846. The molecule has 0 amide bonds. The van der Waals surface area contributed by atoms with Gasteiger partial charge in [-0.25, -0.2) is 0 Å². The Hall–Kier alpha value is -0.900. The molecule has 0 aliphatic rings. The molecule has 0 fully saturated rings. The van der Waals surface area contributed by atoms with Crippen LogP contribution in [0.2, 0.25) is 0 Å².